The number of halogens is 1. The van der Waals surface area contributed by atoms with Crippen LogP contribution in [0, 0.1) is 0 Å². The molecule has 0 bridgehead atoms. The molecule has 0 saturated carbocycles. The highest BCUT2D eigenvalue weighted by Gasteiger charge is 2.38. The number of rotatable bonds is 4. The van der Waals surface area contributed by atoms with Crippen LogP contribution in [-0.2, 0) is 14.3 Å². The third-order valence-corrected chi connectivity index (χ3v) is 5.07. The Kier molecular flexibility index (Phi) is 5.33. The number of ether oxygens (including phenoxy) is 1. The average molecular weight is 412 g/mol. The summed E-state index contributed by atoms with van der Waals surface area (Å²) in [4.78, 5) is 40.7. The number of carbonyl (C=O) groups is 3. The summed E-state index contributed by atoms with van der Waals surface area (Å²) in [5, 5.41) is 2.72. The zero-order chi connectivity index (χ0) is 20.4. The van der Waals surface area contributed by atoms with Gasteiger partial charge in [-0.05, 0) is 30.3 Å². The number of morpholine rings is 1. The molecule has 0 aliphatic carbocycles. The van der Waals surface area contributed by atoms with Crippen molar-refractivity contribution < 1.29 is 19.1 Å². The van der Waals surface area contributed by atoms with E-state index in [1.165, 1.54) is 0 Å². The van der Waals surface area contributed by atoms with E-state index in [1.807, 2.05) is 0 Å². The van der Waals surface area contributed by atoms with Crippen LogP contribution in [0.1, 0.15) is 10.4 Å². The van der Waals surface area contributed by atoms with Gasteiger partial charge >= 0.3 is 0 Å². The monoisotopic (exact) mass is 411 g/mol. The zero-order valence-electron chi connectivity index (χ0n) is 15.4. The van der Waals surface area contributed by atoms with Crippen molar-refractivity contribution in [3.8, 4) is 0 Å². The highest BCUT2D eigenvalue weighted by atomic mass is 35.5. The highest BCUT2D eigenvalue weighted by Crippen LogP contribution is 2.30. The van der Waals surface area contributed by atoms with E-state index in [0.717, 1.165) is 4.90 Å². The molecule has 4 rings (SSSR count). The molecule has 0 unspecified atom stereocenters. The van der Waals surface area contributed by atoms with Gasteiger partial charge in [-0.2, -0.15) is 0 Å². The quantitative estimate of drug-likeness (QED) is 0.782. The van der Waals surface area contributed by atoms with Crippen LogP contribution in [0.5, 0.6) is 0 Å². The van der Waals surface area contributed by atoms with Crippen molar-refractivity contribution in [2.75, 3.05) is 36.5 Å². The number of nitrogens with zero attached hydrogens (tertiary/aromatic N) is 2. The van der Waals surface area contributed by atoms with Crippen molar-refractivity contribution in [3.05, 3.63) is 70.9 Å². The van der Waals surface area contributed by atoms with Gasteiger partial charge in [0.15, 0.2) is 0 Å². The first kappa shape index (κ1) is 19.2. The molecule has 3 amide bonds. The summed E-state index contributed by atoms with van der Waals surface area (Å²) in [6.07, 6.45) is 0. The largest absolute Gasteiger partial charge is 0.378 e. The fraction of sp³-hybridized carbons (Fsp3) is 0.190. The standard InChI is InChI=1S/C21H18ClN3O4/c22-17-18(21(28)25(20(17)27)16-7-2-1-3-8-16)23-15-6-4-5-14(13-15)19(26)24-9-11-29-12-10-24/h1-8,13,23H,9-12H2. The number of imide groups is 1. The number of hydrogen-bond donors (Lipinski definition) is 1. The number of carbonyl (C=O) groups excluding carboxylic acids is 3. The molecule has 1 N–H and O–H groups in total. The van der Waals surface area contributed by atoms with E-state index in [9.17, 15) is 14.4 Å². The van der Waals surface area contributed by atoms with E-state index in [1.54, 1.807) is 59.5 Å². The molecule has 2 aliphatic rings. The fourth-order valence-corrected chi connectivity index (χ4v) is 3.46. The van der Waals surface area contributed by atoms with Crippen molar-refractivity contribution in [1.29, 1.82) is 0 Å². The summed E-state index contributed by atoms with van der Waals surface area (Å²) in [5.74, 6) is -1.25. The zero-order valence-corrected chi connectivity index (χ0v) is 16.2. The Bertz CT molecular complexity index is 1000. The van der Waals surface area contributed by atoms with E-state index in [4.69, 9.17) is 16.3 Å². The van der Waals surface area contributed by atoms with Crippen LogP contribution in [-0.4, -0.2) is 48.9 Å². The van der Waals surface area contributed by atoms with Gasteiger partial charge in [0.1, 0.15) is 10.7 Å². The lowest BCUT2D eigenvalue weighted by Crippen LogP contribution is -2.40. The van der Waals surface area contributed by atoms with E-state index in [2.05, 4.69) is 5.32 Å². The van der Waals surface area contributed by atoms with Crippen LogP contribution in [0.15, 0.2) is 65.3 Å². The van der Waals surface area contributed by atoms with Gasteiger partial charge in [0.2, 0.25) is 0 Å². The third-order valence-electron chi connectivity index (χ3n) is 4.72. The van der Waals surface area contributed by atoms with E-state index < -0.39 is 11.8 Å². The second kappa shape index (κ2) is 8.06. The average Bonchev–Trinajstić information content (AvgIpc) is 2.98. The van der Waals surface area contributed by atoms with Gasteiger partial charge in [0, 0.05) is 24.3 Å². The molecule has 7 nitrogen and oxygen atoms in total. The van der Waals surface area contributed by atoms with Gasteiger partial charge in [-0.3, -0.25) is 14.4 Å². The van der Waals surface area contributed by atoms with Gasteiger partial charge in [0.25, 0.3) is 17.7 Å². The Hall–Kier alpha value is -3.16. The molecule has 29 heavy (non-hydrogen) atoms. The lowest BCUT2D eigenvalue weighted by atomic mass is 10.1. The minimum Gasteiger partial charge on any atom is -0.378 e. The number of amides is 3. The Morgan fingerprint density at radius 3 is 2.41 bits per heavy atom. The van der Waals surface area contributed by atoms with E-state index in [0.29, 0.717) is 43.2 Å². The van der Waals surface area contributed by atoms with Crippen molar-refractivity contribution in [1.82, 2.24) is 4.90 Å². The second-order valence-corrected chi connectivity index (χ2v) is 6.96. The second-order valence-electron chi connectivity index (χ2n) is 6.58. The molecule has 0 atom stereocenters. The normalized spacial score (nSPS) is 17.1. The van der Waals surface area contributed by atoms with Crippen molar-refractivity contribution in [2.45, 2.75) is 0 Å². The Labute approximate surface area is 172 Å². The van der Waals surface area contributed by atoms with Gasteiger partial charge in [-0.1, -0.05) is 35.9 Å². The predicted molar refractivity (Wildman–Crippen MR) is 109 cm³/mol. The molecule has 2 aromatic rings. The first-order chi connectivity index (χ1) is 14.1. The Balaban J connectivity index is 1.55. The summed E-state index contributed by atoms with van der Waals surface area (Å²) in [7, 11) is 0. The lowest BCUT2D eigenvalue weighted by Gasteiger charge is -2.27. The molecule has 1 fully saturated rings. The van der Waals surface area contributed by atoms with Crippen LogP contribution in [0.2, 0.25) is 0 Å². The Morgan fingerprint density at radius 1 is 0.966 bits per heavy atom. The van der Waals surface area contributed by atoms with Crippen molar-refractivity contribution in [2.24, 2.45) is 0 Å². The predicted octanol–water partition coefficient (Wildman–Crippen LogP) is 2.59. The number of hydrogen-bond acceptors (Lipinski definition) is 5. The van der Waals surface area contributed by atoms with E-state index >= 15 is 0 Å². The molecule has 2 heterocycles. The van der Waals surface area contributed by atoms with Crippen LogP contribution in [0.25, 0.3) is 0 Å². The summed E-state index contributed by atoms with van der Waals surface area (Å²) < 4.78 is 5.28. The van der Waals surface area contributed by atoms with E-state index in [-0.39, 0.29) is 16.6 Å². The Morgan fingerprint density at radius 2 is 1.69 bits per heavy atom. The van der Waals surface area contributed by atoms with Crippen LogP contribution in [0.3, 0.4) is 0 Å². The molecular weight excluding hydrogens is 394 g/mol. The number of anilines is 2. The molecule has 148 valence electrons. The smallest absolute Gasteiger partial charge is 0.283 e. The molecule has 0 radical (unpaired) electrons. The van der Waals surface area contributed by atoms with Gasteiger partial charge in [0.05, 0.1) is 18.9 Å². The number of nitrogens with one attached hydrogen (secondary N) is 1. The molecular formula is C21H18ClN3O4. The lowest BCUT2D eigenvalue weighted by molar-refractivity contribution is -0.120. The molecule has 2 aromatic carbocycles. The maximum atomic E-state index is 12.8. The molecule has 8 heteroatoms. The summed E-state index contributed by atoms with van der Waals surface area (Å²) in [6.45, 7) is 2.09. The minimum atomic E-state index is -0.592. The fourth-order valence-electron chi connectivity index (χ4n) is 3.25. The minimum absolute atomic E-state index is 0.0171. The van der Waals surface area contributed by atoms with Gasteiger partial charge in [-0.25, -0.2) is 4.90 Å². The molecule has 2 aliphatic heterocycles. The summed E-state index contributed by atoms with van der Waals surface area (Å²) in [6, 6.07) is 15.3. The first-order valence-corrected chi connectivity index (χ1v) is 9.52. The van der Waals surface area contributed by atoms with Crippen molar-refractivity contribution in [3.63, 3.8) is 0 Å². The molecule has 0 aromatic heterocycles. The van der Waals surface area contributed by atoms with Gasteiger partial charge in [-0.15, -0.1) is 0 Å². The van der Waals surface area contributed by atoms with Crippen molar-refractivity contribution >= 4 is 40.7 Å². The first-order valence-electron chi connectivity index (χ1n) is 9.14. The summed E-state index contributed by atoms with van der Waals surface area (Å²) >= 11 is 6.16. The highest BCUT2D eigenvalue weighted by molar-refractivity contribution is 6.53. The third kappa shape index (κ3) is 3.74. The molecule has 1 saturated heterocycles. The van der Waals surface area contributed by atoms with Gasteiger partial charge < -0.3 is 15.0 Å². The maximum Gasteiger partial charge on any atom is 0.283 e. The van der Waals surface area contributed by atoms with Crippen LogP contribution >= 0.6 is 11.6 Å². The maximum absolute atomic E-state index is 12.8. The topological polar surface area (TPSA) is 79.0 Å². The molecule has 0 spiro atoms. The number of para-hydroxylation sites is 1. The summed E-state index contributed by atoms with van der Waals surface area (Å²) in [5.41, 5.74) is 1.39. The number of benzene rings is 2. The van der Waals surface area contributed by atoms with Crippen LogP contribution < -0.4 is 10.2 Å². The SMILES string of the molecule is O=C(c1cccc(NC2=C(Cl)C(=O)N(c3ccccc3)C2=O)c1)N1CCOCC1. The van der Waals surface area contributed by atoms with Crippen LogP contribution in [0.4, 0.5) is 11.4 Å².